The second kappa shape index (κ2) is 8.29. The van der Waals surface area contributed by atoms with Gasteiger partial charge in [0, 0.05) is 69.5 Å². The minimum atomic E-state index is 0.441. The number of benzene rings is 1. The van der Waals surface area contributed by atoms with E-state index >= 15 is 0 Å². The van der Waals surface area contributed by atoms with Crippen molar-refractivity contribution in [2.24, 2.45) is 0 Å². The molecule has 0 radical (unpaired) electrons. The molecule has 8 nitrogen and oxygen atoms in total. The quantitative estimate of drug-likeness (QED) is 0.678. The molecule has 5 rings (SSSR count). The molecule has 158 valence electrons. The van der Waals surface area contributed by atoms with Gasteiger partial charge in [0.1, 0.15) is 5.82 Å². The highest BCUT2D eigenvalue weighted by molar-refractivity contribution is 5.59. The van der Waals surface area contributed by atoms with Gasteiger partial charge in [-0.25, -0.2) is 4.98 Å². The van der Waals surface area contributed by atoms with Gasteiger partial charge in [0.2, 0.25) is 0 Å². The molecule has 0 spiro atoms. The zero-order valence-corrected chi connectivity index (χ0v) is 17.8. The first-order valence-corrected chi connectivity index (χ1v) is 10.9. The van der Waals surface area contributed by atoms with Gasteiger partial charge in [0.25, 0.3) is 5.78 Å². The molecule has 0 bridgehead atoms. The lowest BCUT2D eigenvalue weighted by Crippen LogP contribution is -2.50. The molecule has 2 N–H and O–H groups in total. The molecule has 30 heavy (non-hydrogen) atoms. The van der Waals surface area contributed by atoms with Crippen molar-refractivity contribution in [1.82, 2.24) is 35.1 Å². The van der Waals surface area contributed by atoms with E-state index in [-0.39, 0.29) is 0 Å². The highest BCUT2D eigenvalue weighted by atomic mass is 15.4. The minimum Gasteiger partial charge on any atom is -0.354 e. The van der Waals surface area contributed by atoms with Gasteiger partial charge in [-0.3, -0.25) is 4.90 Å². The molecule has 2 aliphatic rings. The Kier molecular flexibility index (Phi) is 5.37. The molecule has 0 amide bonds. The molecule has 8 heteroatoms. The lowest BCUT2D eigenvalue weighted by Gasteiger charge is -2.34. The van der Waals surface area contributed by atoms with E-state index in [9.17, 15) is 0 Å². The van der Waals surface area contributed by atoms with E-state index in [4.69, 9.17) is 15.1 Å². The average molecular weight is 407 g/mol. The summed E-state index contributed by atoms with van der Waals surface area (Å²) in [5.74, 6) is 2.48. The summed E-state index contributed by atoms with van der Waals surface area (Å²) in [6.07, 6.45) is 0. The molecule has 3 aromatic rings. The Morgan fingerprint density at radius 2 is 1.73 bits per heavy atom. The molecular weight excluding hydrogens is 376 g/mol. The minimum absolute atomic E-state index is 0.441. The standard InChI is InChI=1S/C22H30N8/c1-16-13-28(10-8-23-16)15-19-12-20(29-11-9-24-17(2)14-29)30-22(25-19)26-21(27-30)18-6-4-3-5-7-18/h3-7,12,16-17,23-24H,8-11,13-15H2,1-2H3. The van der Waals surface area contributed by atoms with Gasteiger partial charge in [-0.2, -0.15) is 9.50 Å². The van der Waals surface area contributed by atoms with Crippen LogP contribution in [0.5, 0.6) is 0 Å². The third-order valence-corrected chi connectivity index (χ3v) is 5.91. The summed E-state index contributed by atoms with van der Waals surface area (Å²) in [6.45, 7) is 11.3. The molecule has 2 aromatic heterocycles. The highest BCUT2D eigenvalue weighted by Gasteiger charge is 2.23. The van der Waals surface area contributed by atoms with Gasteiger partial charge in [0.05, 0.1) is 5.69 Å². The summed E-state index contributed by atoms with van der Waals surface area (Å²) >= 11 is 0. The summed E-state index contributed by atoms with van der Waals surface area (Å²) in [6, 6.07) is 13.3. The highest BCUT2D eigenvalue weighted by Crippen LogP contribution is 2.23. The van der Waals surface area contributed by atoms with Gasteiger partial charge in [-0.1, -0.05) is 30.3 Å². The molecular formula is C22H30N8. The summed E-state index contributed by atoms with van der Waals surface area (Å²) in [5.41, 5.74) is 2.07. The second-order valence-corrected chi connectivity index (χ2v) is 8.51. The van der Waals surface area contributed by atoms with Gasteiger partial charge in [-0.15, -0.1) is 5.10 Å². The fourth-order valence-corrected chi connectivity index (χ4v) is 4.44. The third-order valence-electron chi connectivity index (χ3n) is 5.91. The normalized spacial score (nSPS) is 23.2. The van der Waals surface area contributed by atoms with Crippen molar-refractivity contribution in [3.05, 3.63) is 42.1 Å². The summed E-state index contributed by atoms with van der Waals surface area (Å²) in [4.78, 5) is 14.6. The average Bonchev–Trinajstić information content (AvgIpc) is 3.18. The number of anilines is 1. The Morgan fingerprint density at radius 1 is 0.967 bits per heavy atom. The van der Waals surface area contributed by atoms with Crippen LogP contribution < -0.4 is 15.5 Å². The maximum atomic E-state index is 4.90. The molecule has 4 heterocycles. The van der Waals surface area contributed by atoms with Crippen LogP contribution >= 0.6 is 0 Å². The summed E-state index contributed by atoms with van der Waals surface area (Å²) in [5, 5.41) is 11.9. The molecule has 1 aromatic carbocycles. The van der Waals surface area contributed by atoms with Gasteiger partial charge in [0.15, 0.2) is 5.82 Å². The van der Waals surface area contributed by atoms with E-state index in [0.29, 0.717) is 17.9 Å². The lowest BCUT2D eigenvalue weighted by atomic mass is 10.2. The van der Waals surface area contributed by atoms with Crippen LogP contribution in [0.3, 0.4) is 0 Å². The zero-order chi connectivity index (χ0) is 20.5. The van der Waals surface area contributed by atoms with Crippen LogP contribution in [0.4, 0.5) is 5.82 Å². The first kappa shape index (κ1) is 19.4. The van der Waals surface area contributed by atoms with Gasteiger partial charge < -0.3 is 15.5 Å². The monoisotopic (exact) mass is 406 g/mol. The van der Waals surface area contributed by atoms with Crippen molar-refractivity contribution < 1.29 is 0 Å². The number of piperazine rings is 2. The Morgan fingerprint density at radius 3 is 2.50 bits per heavy atom. The first-order chi connectivity index (χ1) is 14.7. The Bertz CT molecular complexity index is 1000. The van der Waals surface area contributed by atoms with Crippen LogP contribution in [0.15, 0.2) is 36.4 Å². The molecule has 0 saturated carbocycles. The van der Waals surface area contributed by atoms with Crippen molar-refractivity contribution in [1.29, 1.82) is 0 Å². The SMILES string of the molecule is CC1CN(Cc2cc(N3CCNC(C)C3)n3nc(-c4ccccc4)nc3n2)CCN1. The number of fused-ring (bicyclic) bond motifs is 1. The Balaban J connectivity index is 1.54. The first-order valence-electron chi connectivity index (χ1n) is 10.9. The van der Waals surface area contributed by atoms with Crippen LogP contribution in [-0.4, -0.2) is 75.8 Å². The molecule has 0 aliphatic carbocycles. The zero-order valence-electron chi connectivity index (χ0n) is 17.8. The van der Waals surface area contributed by atoms with Crippen molar-refractivity contribution in [2.45, 2.75) is 32.5 Å². The van der Waals surface area contributed by atoms with Crippen molar-refractivity contribution in [3.8, 4) is 11.4 Å². The lowest BCUT2D eigenvalue weighted by molar-refractivity contribution is 0.197. The number of nitrogens with one attached hydrogen (secondary N) is 2. The predicted octanol–water partition coefficient (Wildman–Crippen LogP) is 1.38. The van der Waals surface area contributed by atoms with E-state index in [1.807, 2.05) is 34.8 Å². The topological polar surface area (TPSA) is 73.6 Å². The smallest absolute Gasteiger partial charge is 0.254 e. The number of rotatable bonds is 4. The summed E-state index contributed by atoms with van der Waals surface area (Å²) in [7, 11) is 0. The van der Waals surface area contributed by atoms with Crippen molar-refractivity contribution in [3.63, 3.8) is 0 Å². The van der Waals surface area contributed by atoms with Crippen LogP contribution in [0, 0.1) is 0 Å². The van der Waals surface area contributed by atoms with E-state index in [2.05, 4.69) is 40.3 Å². The Labute approximate surface area is 177 Å². The maximum absolute atomic E-state index is 4.90. The predicted molar refractivity (Wildman–Crippen MR) is 119 cm³/mol. The van der Waals surface area contributed by atoms with Crippen LogP contribution in [0.1, 0.15) is 19.5 Å². The van der Waals surface area contributed by atoms with Gasteiger partial charge in [-0.05, 0) is 13.8 Å². The van der Waals surface area contributed by atoms with Crippen molar-refractivity contribution in [2.75, 3.05) is 44.2 Å². The van der Waals surface area contributed by atoms with E-state index < -0.39 is 0 Å². The van der Waals surface area contributed by atoms with E-state index in [1.54, 1.807) is 0 Å². The molecule has 2 aliphatic heterocycles. The van der Waals surface area contributed by atoms with Crippen molar-refractivity contribution >= 4 is 11.6 Å². The molecule has 2 fully saturated rings. The number of hydrogen-bond acceptors (Lipinski definition) is 7. The third kappa shape index (κ3) is 4.03. The summed E-state index contributed by atoms with van der Waals surface area (Å²) < 4.78 is 1.92. The van der Waals surface area contributed by atoms with Crippen LogP contribution in [-0.2, 0) is 6.54 Å². The molecule has 2 saturated heterocycles. The number of aromatic nitrogens is 4. The van der Waals surface area contributed by atoms with E-state index in [1.165, 1.54) is 0 Å². The fourth-order valence-electron chi connectivity index (χ4n) is 4.44. The van der Waals surface area contributed by atoms with Crippen LogP contribution in [0.2, 0.25) is 0 Å². The molecule has 2 unspecified atom stereocenters. The number of hydrogen-bond donors (Lipinski definition) is 2. The fraction of sp³-hybridized carbons (Fsp3) is 0.500. The van der Waals surface area contributed by atoms with Crippen LogP contribution in [0.25, 0.3) is 17.2 Å². The largest absolute Gasteiger partial charge is 0.354 e. The van der Waals surface area contributed by atoms with E-state index in [0.717, 1.165) is 68.7 Å². The molecule has 2 atom stereocenters. The maximum Gasteiger partial charge on any atom is 0.254 e. The second-order valence-electron chi connectivity index (χ2n) is 8.51. The van der Waals surface area contributed by atoms with Gasteiger partial charge >= 0.3 is 0 Å². The number of nitrogens with zero attached hydrogens (tertiary/aromatic N) is 6. The Hall–Kier alpha value is -2.55.